The first-order chi connectivity index (χ1) is 10.2. The van der Waals surface area contributed by atoms with Crippen LogP contribution in [0.5, 0.6) is 5.75 Å². The van der Waals surface area contributed by atoms with Crippen molar-refractivity contribution in [2.24, 2.45) is 5.92 Å². The highest BCUT2D eigenvalue weighted by Gasteiger charge is 2.29. The third-order valence-corrected chi connectivity index (χ3v) is 4.34. The van der Waals surface area contributed by atoms with E-state index in [1.807, 2.05) is 6.07 Å². The summed E-state index contributed by atoms with van der Waals surface area (Å²) in [5, 5.41) is 3.40. The molecule has 0 bridgehead atoms. The van der Waals surface area contributed by atoms with Gasteiger partial charge in [0.15, 0.2) is 0 Å². The predicted molar refractivity (Wildman–Crippen MR) is 91.5 cm³/mol. The highest BCUT2D eigenvalue weighted by molar-refractivity contribution is 5.85. The van der Waals surface area contributed by atoms with Gasteiger partial charge in [0.25, 0.3) is 0 Å². The van der Waals surface area contributed by atoms with E-state index < -0.39 is 0 Å². The molecule has 1 aromatic carbocycles. The number of rotatable bonds is 6. The second-order valence-corrected chi connectivity index (χ2v) is 5.88. The van der Waals surface area contributed by atoms with Crippen molar-refractivity contribution in [1.29, 1.82) is 0 Å². The van der Waals surface area contributed by atoms with Crippen molar-refractivity contribution in [1.82, 2.24) is 10.2 Å². The van der Waals surface area contributed by atoms with Gasteiger partial charge in [-0.3, -0.25) is 4.90 Å². The summed E-state index contributed by atoms with van der Waals surface area (Å²) in [5.74, 6) is 0.951. The number of benzene rings is 1. The van der Waals surface area contributed by atoms with Crippen molar-refractivity contribution in [3.63, 3.8) is 0 Å². The minimum absolute atomic E-state index is 0. The Bertz CT molecular complexity index is 452. The van der Waals surface area contributed by atoms with Gasteiger partial charge in [0, 0.05) is 43.9 Å². The van der Waals surface area contributed by atoms with Crippen LogP contribution in [0.25, 0.3) is 0 Å². The smallest absolute Gasteiger partial charge is 0.126 e. The fourth-order valence-corrected chi connectivity index (χ4v) is 3.37. The van der Waals surface area contributed by atoms with Crippen LogP contribution in [0, 0.1) is 11.7 Å². The molecule has 1 fully saturated rings. The van der Waals surface area contributed by atoms with Crippen LogP contribution in [0.15, 0.2) is 18.2 Å². The Hall–Kier alpha value is -0.840. The molecule has 1 aromatic rings. The number of nitrogens with zero attached hydrogens (tertiary/aromatic N) is 1. The lowest BCUT2D eigenvalue weighted by Gasteiger charge is -2.39. The molecule has 1 heterocycles. The Morgan fingerprint density at radius 1 is 1.32 bits per heavy atom. The zero-order valence-corrected chi connectivity index (χ0v) is 14.6. The molecule has 0 aliphatic carbocycles. The Kier molecular flexibility index (Phi) is 8.15. The van der Waals surface area contributed by atoms with Crippen molar-refractivity contribution in [3.05, 3.63) is 29.6 Å². The largest absolute Gasteiger partial charge is 0.496 e. The Morgan fingerprint density at radius 3 is 2.59 bits per heavy atom. The molecule has 0 spiro atoms. The molecule has 0 saturated carbocycles. The van der Waals surface area contributed by atoms with Crippen LogP contribution in [-0.2, 0) is 0 Å². The summed E-state index contributed by atoms with van der Waals surface area (Å²) >= 11 is 0. The molecule has 3 nitrogen and oxygen atoms in total. The van der Waals surface area contributed by atoms with E-state index in [4.69, 9.17) is 4.74 Å². The summed E-state index contributed by atoms with van der Waals surface area (Å²) in [7, 11) is 1.62. The quantitative estimate of drug-likeness (QED) is 0.862. The van der Waals surface area contributed by atoms with Gasteiger partial charge in [-0.2, -0.15) is 0 Å². The lowest BCUT2D eigenvalue weighted by atomic mass is 9.88. The van der Waals surface area contributed by atoms with Crippen LogP contribution in [0.4, 0.5) is 4.39 Å². The third-order valence-electron chi connectivity index (χ3n) is 4.34. The van der Waals surface area contributed by atoms with Gasteiger partial charge in [0.2, 0.25) is 0 Å². The highest BCUT2D eigenvalue weighted by atomic mass is 35.5. The fraction of sp³-hybridized carbons (Fsp3) is 0.647. The zero-order valence-electron chi connectivity index (χ0n) is 13.8. The Balaban J connectivity index is 0.00000242. The van der Waals surface area contributed by atoms with E-state index in [2.05, 4.69) is 24.1 Å². The molecule has 22 heavy (non-hydrogen) atoms. The number of hydrogen-bond donors (Lipinski definition) is 1. The first kappa shape index (κ1) is 19.2. The second kappa shape index (κ2) is 9.33. The van der Waals surface area contributed by atoms with Crippen molar-refractivity contribution in [2.45, 2.75) is 32.7 Å². The average Bonchev–Trinajstić information content (AvgIpc) is 2.50. The molecule has 1 saturated heterocycles. The maximum Gasteiger partial charge on any atom is 0.126 e. The van der Waals surface area contributed by atoms with Gasteiger partial charge < -0.3 is 10.1 Å². The third kappa shape index (κ3) is 4.58. The van der Waals surface area contributed by atoms with Crippen LogP contribution >= 0.6 is 12.4 Å². The molecule has 2 atom stereocenters. The molecule has 0 radical (unpaired) electrons. The summed E-state index contributed by atoms with van der Waals surface area (Å²) in [6, 6.07) is 5.24. The summed E-state index contributed by atoms with van der Waals surface area (Å²) in [5.41, 5.74) is 1.11. The predicted octanol–water partition coefficient (Wildman–Crippen LogP) is 3.64. The van der Waals surface area contributed by atoms with E-state index in [1.165, 1.54) is 6.07 Å². The number of halogens is 2. The maximum atomic E-state index is 13.5. The topological polar surface area (TPSA) is 24.5 Å². The van der Waals surface area contributed by atoms with Crippen molar-refractivity contribution >= 4 is 12.4 Å². The molecular formula is C17H28ClFN2O. The van der Waals surface area contributed by atoms with Crippen molar-refractivity contribution in [3.8, 4) is 5.75 Å². The van der Waals surface area contributed by atoms with Crippen LogP contribution in [0.3, 0.4) is 0 Å². The first-order valence-corrected chi connectivity index (χ1v) is 7.95. The molecule has 126 valence electrons. The lowest BCUT2D eigenvalue weighted by molar-refractivity contribution is 0.123. The van der Waals surface area contributed by atoms with Gasteiger partial charge in [-0.05, 0) is 18.4 Å². The van der Waals surface area contributed by atoms with Gasteiger partial charge in [-0.25, -0.2) is 4.39 Å². The number of piperazine rings is 1. The number of nitrogens with one attached hydrogen (secondary N) is 1. The van der Waals surface area contributed by atoms with Gasteiger partial charge in [-0.1, -0.05) is 26.3 Å². The van der Waals surface area contributed by atoms with Crippen LogP contribution < -0.4 is 10.1 Å². The molecule has 5 heteroatoms. The van der Waals surface area contributed by atoms with E-state index in [0.717, 1.165) is 44.6 Å². The molecule has 1 aliphatic rings. The standard InChI is InChI=1S/C17H27FN2O.ClH/c1-4-5-13(2)17(20-10-8-19-9-11-20)15-7-6-14(18)12-16(15)21-3;/h6-7,12-13,17,19H,4-5,8-11H2,1-3H3;1H/t13?,17-;/m1./s1. The highest BCUT2D eigenvalue weighted by Crippen LogP contribution is 2.37. The van der Waals surface area contributed by atoms with E-state index in [0.29, 0.717) is 17.7 Å². The van der Waals surface area contributed by atoms with Gasteiger partial charge >= 0.3 is 0 Å². The molecular weight excluding hydrogens is 303 g/mol. The minimum atomic E-state index is -0.238. The van der Waals surface area contributed by atoms with E-state index in [-0.39, 0.29) is 18.2 Å². The maximum absolute atomic E-state index is 13.5. The van der Waals surface area contributed by atoms with Gasteiger partial charge in [0.05, 0.1) is 7.11 Å². The summed E-state index contributed by atoms with van der Waals surface area (Å²) in [4.78, 5) is 2.51. The van der Waals surface area contributed by atoms with Crippen LogP contribution in [0.2, 0.25) is 0 Å². The molecule has 1 unspecified atom stereocenters. The summed E-state index contributed by atoms with van der Waals surface area (Å²) in [6.07, 6.45) is 2.32. The monoisotopic (exact) mass is 330 g/mol. The van der Waals surface area contributed by atoms with Gasteiger partial charge in [0.1, 0.15) is 11.6 Å². The van der Waals surface area contributed by atoms with Crippen LogP contribution in [-0.4, -0.2) is 38.2 Å². The van der Waals surface area contributed by atoms with E-state index >= 15 is 0 Å². The zero-order chi connectivity index (χ0) is 15.2. The number of ether oxygens (including phenoxy) is 1. The minimum Gasteiger partial charge on any atom is -0.496 e. The Labute approximate surface area is 139 Å². The summed E-state index contributed by atoms with van der Waals surface area (Å²) in [6.45, 7) is 8.59. The number of hydrogen-bond acceptors (Lipinski definition) is 3. The SMILES string of the molecule is CCCC(C)[C@H](c1ccc(F)cc1OC)N1CCNCC1.Cl. The molecule has 1 N–H and O–H groups in total. The summed E-state index contributed by atoms with van der Waals surface area (Å²) < 4.78 is 18.9. The Morgan fingerprint density at radius 2 is 2.00 bits per heavy atom. The molecule has 0 amide bonds. The van der Waals surface area contributed by atoms with Crippen LogP contribution in [0.1, 0.15) is 38.3 Å². The second-order valence-electron chi connectivity index (χ2n) is 5.88. The molecule has 0 aromatic heterocycles. The molecule has 1 aliphatic heterocycles. The first-order valence-electron chi connectivity index (χ1n) is 7.95. The average molecular weight is 331 g/mol. The normalized spacial score (nSPS) is 18.4. The number of methoxy groups -OCH3 is 1. The lowest BCUT2D eigenvalue weighted by Crippen LogP contribution is -2.46. The van der Waals surface area contributed by atoms with Crippen molar-refractivity contribution in [2.75, 3.05) is 33.3 Å². The molecule has 2 rings (SSSR count). The van der Waals surface area contributed by atoms with Crippen molar-refractivity contribution < 1.29 is 9.13 Å². The van der Waals surface area contributed by atoms with E-state index in [9.17, 15) is 4.39 Å². The fourth-order valence-electron chi connectivity index (χ4n) is 3.37. The van der Waals surface area contributed by atoms with Gasteiger partial charge in [-0.15, -0.1) is 12.4 Å². The van der Waals surface area contributed by atoms with E-state index in [1.54, 1.807) is 13.2 Å².